The first-order chi connectivity index (χ1) is 15.9. The first-order valence-electron chi connectivity index (χ1n) is 12.1. The molecule has 0 aromatic heterocycles. The summed E-state index contributed by atoms with van der Waals surface area (Å²) in [5.74, 6) is 2.67. The first kappa shape index (κ1) is 25.2. The molecule has 2 heterocycles. The summed E-state index contributed by atoms with van der Waals surface area (Å²) >= 11 is 0. The van der Waals surface area contributed by atoms with Crippen LogP contribution in [0.3, 0.4) is 0 Å². The Kier molecular flexibility index (Phi) is 9.26. The minimum atomic E-state index is -0.734. The van der Waals surface area contributed by atoms with Crippen LogP contribution in [0, 0.1) is 25.7 Å². The Labute approximate surface area is 197 Å². The molecule has 8 nitrogen and oxygen atoms in total. The second-order valence-corrected chi connectivity index (χ2v) is 9.35. The number of hydrogen-bond donors (Lipinski definition) is 3. The summed E-state index contributed by atoms with van der Waals surface area (Å²) in [5.41, 5.74) is 7.74. The van der Waals surface area contributed by atoms with Crippen molar-refractivity contribution in [3.63, 3.8) is 0 Å². The van der Waals surface area contributed by atoms with Crippen LogP contribution in [0.2, 0.25) is 0 Å². The van der Waals surface area contributed by atoms with Crippen molar-refractivity contribution in [2.24, 2.45) is 27.6 Å². The highest BCUT2D eigenvalue weighted by Crippen LogP contribution is 2.25. The average molecular weight is 458 g/mol. The summed E-state index contributed by atoms with van der Waals surface area (Å²) < 4.78 is 6.00. The van der Waals surface area contributed by atoms with Crippen molar-refractivity contribution in [2.75, 3.05) is 39.3 Å². The molecule has 8 heteroatoms. The van der Waals surface area contributed by atoms with Gasteiger partial charge in [0.25, 0.3) is 5.91 Å². The van der Waals surface area contributed by atoms with Gasteiger partial charge in [0.15, 0.2) is 0 Å². The molecule has 0 spiro atoms. The molecular formula is C25H39N5O3. The molecular weight excluding hydrogens is 418 g/mol. The Morgan fingerprint density at radius 2 is 2.00 bits per heavy atom. The number of aliphatic hydroxyl groups is 1. The van der Waals surface area contributed by atoms with Gasteiger partial charge in [0.2, 0.25) is 5.96 Å². The minimum Gasteiger partial charge on any atom is -0.494 e. The van der Waals surface area contributed by atoms with Gasteiger partial charge in [-0.2, -0.15) is 0 Å². The SMILES string of the molecule is Cc1cc(OCCCC2CCN(C3=NCC(C)C=N3)CC2)cc(C)c1C(=O)NCC(O)CN. The Bertz CT molecular complexity index is 839. The van der Waals surface area contributed by atoms with E-state index in [1.54, 1.807) is 0 Å². The van der Waals surface area contributed by atoms with E-state index in [2.05, 4.69) is 27.1 Å². The van der Waals surface area contributed by atoms with Crippen LogP contribution in [0.25, 0.3) is 0 Å². The number of carbonyl (C=O) groups is 1. The standard InChI is InChI=1S/C25H39N5O3/c1-17-14-28-25(29-15-17)30-8-6-20(7-9-30)5-4-10-33-22-11-18(2)23(19(3)12-22)24(32)27-16-21(31)13-26/h11-12,14,17,20-21,31H,4-10,13,15-16,26H2,1-3H3,(H,27,32). The fraction of sp³-hybridized carbons (Fsp3) is 0.640. The predicted octanol–water partition coefficient (Wildman–Crippen LogP) is 2.30. The van der Waals surface area contributed by atoms with Gasteiger partial charge in [0.1, 0.15) is 5.75 Å². The number of aliphatic hydroxyl groups excluding tert-OH is 1. The number of nitrogens with one attached hydrogen (secondary N) is 1. The third kappa shape index (κ3) is 7.27. The highest BCUT2D eigenvalue weighted by molar-refractivity contribution is 5.97. The molecule has 1 aromatic carbocycles. The number of nitrogens with zero attached hydrogens (tertiary/aromatic N) is 3. The largest absolute Gasteiger partial charge is 0.494 e. The first-order valence-corrected chi connectivity index (χ1v) is 12.1. The molecule has 0 radical (unpaired) electrons. The molecule has 2 aliphatic rings. The van der Waals surface area contributed by atoms with Crippen LogP contribution in [-0.4, -0.2) is 73.5 Å². The van der Waals surface area contributed by atoms with E-state index in [9.17, 15) is 9.90 Å². The van der Waals surface area contributed by atoms with E-state index in [1.165, 1.54) is 12.8 Å². The van der Waals surface area contributed by atoms with Crippen LogP contribution in [0.1, 0.15) is 54.1 Å². The van der Waals surface area contributed by atoms with Crippen molar-refractivity contribution in [3.8, 4) is 5.75 Å². The van der Waals surface area contributed by atoms with Crippen molar-refractivity contribution in [2.45, 2.75) is 52.6 Å². The lowest BCUT2D eigenvalue weighted by atomic mass is 9.92. The van der Waals surface area contributed by atoms with E-state index >= 15 is 0 Å². The van der Waals surface area contributed by atoms with Gasteiger partial charge >= 0.3 is 0 Å². The number of rotatable bonds is 9. The molecule has 33 heavy (non-hydrogen) atoms. The molecule has 2 atom stereocenters. The summed E-state index contributed by atoms with van der Waals surface area (Å²) in [5, 5.41) is 12.3. The van der Waals surface area contributed by atoms with E-state index in [0.717, 1.165) is 61.2 Å². The van der Waals surface area contributed by atoms with Gasteiger partial charge in [-0.25, -0.2) is 4.99 Å². The number of benzene rings is 1. The average Bonchev–Trinajstić information content (AvgIpc) is 2.81. The third-order valence-electron chi connectivity index (χ3n) is 6.39. The van der Waals surface area contributed by atoms with Crippen LogP contribution in [0.5, 0.6) is 5.75 Å². The lowest BCUT2D eigenvalue weighted by Crippen LogP contribution is -2.39. The summed E-state index contributed by atoms with van der Waals surface area (Å²) in [6, 6.07) is 3.82. The molecule has 0 saturated carbocycles. The topological polar surface area (TPSA) is 113 Å². The number of aliphatic imine (C=N–C) groups is 2. The zero-order valence-electron chi connectivity index (χ0n) is 20.2. The van der Waals surface area contributed by atoms with E-state index < -0.39 is 6.10 Å². The number of ether oxygens (including phenoxy) is 1. The van der Waals surface area contributed by atoms with Gasteiger partial charge < -0.3 is 25.8 Å². The maximum absolute atomic E-state index is 12.5. The van der Waals surface area contributed by atoms with Gasteiger partial charge in [-0.05, 0) is 68.7 Å². The maximum atomic E-state index is 12.5. The van der Waals surface area contributed by atoms with E-state index in [0.29, 0.717) is 18.1 Å². The molecule has 1 fully saturated rings. The number of hydrogen-bond acceptors (Lipinski definition) is 7. The normalized spacial score (nSPS) is 19.8. The van der Waals surface area contributed by atoms with Gasteiger partial charge in [-0.1, -0.05) is 6.92 Å². The third-order valence-corrected chi connectivity index (χ3v) is 6.39. The Morgan fingerprint density at radius 3 is 2.61 bits per heavy atom. The van der Waals surface area contributed by atoms with Crippen molar-refractivity contribution in [3.05, 3.63) is 28.8 Å². The van der Waals surface area contributed by atoms with Gasteiger partial charge in [-0.3, -0.25) is 9.79 Å². The molecule has 0 aliphatic carbocycles. The quantitative estimate of drug-likeness (QED) is 0.493. The number of likely N-dealkylation sites (tertiary alicyclic amines) is 1. The number of piperidine rings is 1. The minimum absolute atomic E-state index is 0.118. The summed E-state index contributed by atoms with van der Waals surface area (Å²) in [7, 11) is 0. The molecule has 1 amide bonds. The highest BCUT2D eigenvalue weighted by atomic mass is 16.5. The number of aryl methyl sites for hydroxylation is 2. The van der Waals surface area contributed by atoms with Crippen molar-refractivity contribution >= 4 is 18.1 Å². The van der Waals surface area contributed by atoms with Crippen molar-refractivity contribution < 1.29 is 14.6 Å². The lowest BCUT2D eigenvalue weighted by molar-refractivity contribution is 0.0919. The molecule has 182 valence electrons. The monoisotopic (exact) mass is 457 g/mol. The number of amides is 1. The number of guanidine groups is 1. The Balaban J connectivity index is 1.39. The molecule has 2 aliphatic heterocycles. The summed E-state index contributed by atoms with van der Waals surface area (Å²) in [6.07, 6.45) is 5.79. The fourth-order valence-electron chi connectivity index (χ4n) is 4.42. The highest BCUT2D eigenvalue weighted by Gasteiger charge is 2.22. The lowest BCUT2D eigenvalue weighted by Gasteiger charge is -2.33. The number of carbonyl (C=O) groups excluding carboxylic acids is 1. The van der Waals surface area contributed by atoms with Crippen molar-refractivity contribution in [1.82, 2.24) is 10.2 Å². The molecule has 3 rings (SSSR count). The van der Waals surface area contributed by atoms with E-state index in [1.807, 2.05) is 32.2 Å². The second-order valence-electron chi connectivity index (χ2n) is 9.35. The van der Waals surface area contributed by atoms with Gasteiger partial charge in [-0.15, -0.1) is 0 Å². The van der Waals surface area contributed by atoms with Crippen LogP contribution >= 0.6 is 0 Å². The van der Waals surface area contributed by atoms with E-state index in [4.69, 9.17) is 10.5 Å². The zero-order valence-corrected chi connectivity index (χ0v) is 20.2. The Morgan fingerprint density at radius 1 is 1.30 bits per heavy atom. The van der Waals surface area contributed by atoms with Gasteiger partial charge in [0.05, 0.1) is 19.3 Å². The van der Waals surface area contributed by atoms with Crippen LogP contribution in [-0.2, 0) is 0 Å². The zero-order chi connectivity index (χ0) is 23.8. The summed E-state index contributed by atoms with van der Waals surface area (Å²) in [4.78, 5) is 23.9. The predicted molar refractivity (Wildman–Crippen MR) is 132 cm³/mol. The van der Waals surface area contributed by atoms with Crippen molar-refractivity contribution in [1.29, 1.82) is 0 Å². The second kappa shape index (κ2) is 12.1. The van der Waals surface area contributed by atoms with Crippen LogP contribution in [0.4, 0.5) is 0 Å². The van der Waals surface area contributed by atoms with E-state index in [-0.39, 0.29) is 19.0 Å². The van der Waals surface area contributed by atoms with Gasteiger partial charge in [0, 0.05) is 43.9 Å². The van der Waals surface area contributed by atoms with Crippen LogP contribution < -0.4 is 15.8 Å². The fourth-order valence-corrected chi connectivity index (χ4v) is 4.42. The molecule has 4 N–H and O–H groups in total. The maximum Gasteiger partial charge on any atom is 0.251 e. The molecule has 0 bridgehead atoms. The number of nitrogens with two attached hydrogens (primary N) is 1. The van der Waals surface area contributed by atoms with Crippen LogP contribution in [0.15, 0.2) is 22.1 Å². The smallest absolute Gasteiger partial charge is 0.251 e. The molecule has 1 saturated heterocycles. The molecule has 2 unspecified atom stereocenters. The summed E-state index contributed by atoms with van der Waals surface area (Å²) in [6.45, 7) is 9.79. The Hall–Kier alpha value is -2.45. The molecule has 1 aromatic rings.